The molecular formula is C20H31N3O4. The fourth-order valence-corrected chi connectivity index (χ4v) is 2.82. The molecule has 1 aliphatic rings. The summed E-state index contributed by atoms with van der Waals surface area (Å²) in [5.74, 6) is 0.437. The van der Waals surface area contributed by atoms with E-state index in [0.717, 1.165) is 26.0 Å². The lowest BCUT2D eigenvalue weighted by atomic mass is 10.2. The van der Waals surface area contributed by atoms with Crippen LogP contribution >= 0.6 is 0 Å². The minimum absolute atomic E-state index is 0.0364. The van der Waals surface area contributed by atoms with Crippen LogP contribution in [0.2, 0.25) is 0 Å². The van der Waals surface area contributed by atoms with Crippen LogP contribution in [-0.2, 0) is 14.3 Å². The summed E-state index contributed by atoms with van der Waals surface area (Å²) in [7, 11) is 3.97. The van der Waals surface area contributed by atoms with E-state index in [9.17, 15) is 9.59 Å². The molecule has 1 aromatic carbocycles. The minimum atomic E-state index is -0.0605. The third-order valence-corrected chi connectivity index (χ3v) is 4.42. The lowest BCUT2D eigenvalue weighted by Crippen LogP contribution is -2.43. The highest BCUT2D eigenvalue weighted by Gasteiger charge is 2.23. The molecular weight excluding hydrogens is 346 g/mol. The molecule has 1 heterocycles. The first kappa shape index (κ1) is 21.2. The third kappa shape index (κ3) is 7.56. The number of amides is 2. The van der Waals surface area contributed by atoms with Gasteiger partial charge >= 0.3 is 0 Å². The van der Waals surface area contributed by atoms with Gasteiger partial charge in [-0.25, -0.2) is 0 Å². The topological polar surface area (TPSA) is 71.1 Å². The average molecular weight is 377 g/mol. The Balaban J connectivity index is 1.91. The van der Waals surface area contributed by atoms with Gasteiger partial charge in [0.15, 0.2) is 6.61 Å². The molecule has 1 fully saturated rings. The Kier molecular flexibility index (Phi) is 8.54. The summed E-state index contributed by atoms with van der Waals surface area (Å²) in [5.41, 5.74) is 0.663. The Morgan fingerprint density at radius 2 is 2.11 bits per heavy atom. The van der Waals surface area contributed by atoms with Crippen LogP contribution < -0.4 is 10.1 Å². The summed E-state index contributed by atoms with van der Waals surface area (Å²) in [5, 5.41) is 2.79. The van der Waals surface area contributed by atoms with Crippen LogP contribution in [0.25, 0.3) is 0 Å². The first-order chi connectivity index (χ1) is 13.0. The van der Waals surface area contributed by atoms with E-state index < -0.39 is 0 Å². The lowest BCUT2D eigenvalue weighted by Gasteiger charge is -2.27. The Labute approximate surface area is 161 Å². The molecule has 1 atom stereocenters. The van der Waals surface area contributed by atoms with E-state index in [1.54, 1.807) is 31.2 Å². The highest BCUT2D eigenvalue weighted by Crippen LogP contribution is 2.18. The zero-order valence-electron chi connectivity index (χ0n) is 16.6. The van der Waals surface area contributed by atoms with Crippen LogP contribution in [0.4, 0.5) is 5.69 Å². The van der Waals surface area contributed by atoms with Gasteiger partial charge in [-0.05, 0) is 39.1 Å². The number of rotatable bonds is 10. The molecule has 0 aliphatic carbocycles. The van der Waals surface area contributed by atoms with Crippen molar-refractivity contribution in [3.05, 3.63) is 24.3 Å². The molecule has 1 N–H and O–H groups in total. The van der Waals surface area contributed by atoms with E-state index in [2.05, 4.69) is 10.2 Å². The van der Waals surface area contributed by atoms with Gasteiger partial charge in [0.1, 0.15) is 5.75 Å². The SMILES string of the molecule is CCC(=O)Nc1cccc(OCC(=O)N(CCN(C)C)CC2CCCO2)c1. The van der Waals surface area contributed by atoms with Crippen LogP contribution in [0.3, 0.4) is 0 Å². The van der Waals surface area contributed by atoms with Gasteiger partial charge in [0.2, 0.25) is 5.91 Å². The van der Waals surface area contributed by atoms with Crippen molar-refractivity contribution in [3.63, 3.8) is 0 Å². The molecule has 1 aliphatic heterocycles. The monoisotopic (exact) mass is 377 g/mol. The van der Waals surface area contributed by atoms with Crippen molar-refractivity contribution in [1.82, 2.24) is 9.80 Å². The number of anilines is 1. The molecule has 0 saturated carbocycles. The summed E-state index contributed by atoms with van der Waals surface area (Å²) >= 11 is 0. The second-order valence-corrected chi connectivity index (χ2v) is 7.00. The van der Waals surface area contributed by atoms with Gasteiger partial charge in [-0.15, -0.1) is 0 Å². The summed E-state index contributed by atoms with van der Waals surface area (Å²) in [6.07, 6.45) is 2.57. The zero-order valence-corrected chi connectivity index (χ0v) is 16.6. The summed E-state index contributed by atoms with van der Waals surface area (Å²) in [4.78, 5) is 28.1. The highest BCUT2D eigenvalue weighted by atomic mass is 16.5. The zero-order chi connectivity index (χ0) is 19.6. The highest BCUT2D eigenvalue weighted by molar-refractivity contribution is 5.90. The molecule has 1 aromatic rings. The van der Waals surface area contributed by atoms with Crippen LogP contribution in [0.1, 0.15) is 26.2 Å². The van der Waals surface area contributed by atoms with Crippen molar-refractivity contribution in [2.45, 2.75) is 32.3 Å². The molecule has 1 saturated heterocycles. The van der Waals surface area contributed by atoms with E-state index in [4.69, 9.17) is 9.47 Å². The van der Waals surface area contributed by atoms with Crippen molar-refractivity contribution in [1.29, 1.82) is 0 Å². The lowest BCUT2D eigenvalue weighted by molar-refractivity contribution is -0.135. The molecule has 0 bridgehead atoms. The summed E-state index contributed by atoms with van der Waals surface area (Å²) < 4.78 is 11.4. The van der Waals surface area contributed by atoms with E-state index in [-0.39, 0.29) is 24.5 Å². The van der Waals surface area contributed by atoms with Crippen LogP contribution in [-0.4, -0.2) is 74.7 Å². The molecule has 27 heavy (non-hydrogen) atoms. The smallest absolute Gasteiger partial charge is 0.260 e. The maximum Gasteiger partial charge on any atom is 0.260 e. The number of hydrogen-bond acceptors (Lipinski definition) is 5. The first-order valence-corrected chi connectivity index (χ1v) is 9.54. The Morgan fingerprint density at radius 1 is 1.30 bits per heavy atom. The normalized spacial score (nSPS) is 16.4. The van der Waals surface area contributed by atoms with Crippen molar-refractivity contribution < 1.29 is 19.1 Å². The third-order valence-electron chi connectivity index (χ3n) is 4.42. The molecule has 7 nitrogen and oxygen atoms in total. The fraction of sp³-hybridized carbons (Fsp3) is 0.600. The summed E-state index contributed by atoms with van der Waals surface area (Å²) in [6.45, 7) is 4.56. The number of carbonyl (C=O) groups excluding carboxylic acids is 2. The predicted octanol–water partition coefficient (Wildman–Crippen LogP) is 1.98. The van der Waals surface area contributed by atoms with E-state index in [1.807, 2.05) is 19.0 Å². The van der Waals surface area contributed by atoms with Gasteiger partial charge in [0.25, 0.3) is 5.91 Å². The molecule has 0 spiro atoms. The van der Waals surface area contributed by atoms with Gasteiger partial charge in [0, 0.05) is 44.4 Å². The maximum absolute atomic E-state index is 12.7. The van der Waals surface area contributed by atoms with Crippen LogP contribution in [0.15, 0.2) is 24.3 Å². The van der Waals surface area contributed by atoms with Gasteiger partial charge in [-0.2, -0.15) is 0 Å². The van der Waals surface area contributed by atoms with Crippen molar-refractivity contribution in [2.75, 3.05) is 52.3 Å². The second kappa shape index (κ2) is 10.9. The number of benzene rings is 1. The van der Waals surface area contributed by atoms with E-state index in [0.29, 0.717) is 30.9 Å². The molecule has 7 heteroatoms. The molecule has 0 aromatic heterocycles. The standard InChI is InChI=1S/C20H31N3O4/c1-4-19(24)21-16-7-5-8-17(13-16)27-15-20(25)23(11-10-22(2)3)14-18-9-6-12-26-18/h5,7-8,13,18H,4,6,9-12,14-15H2,1-3H3,(H,21,24). The summed E-state index contributed by atoms with van der Waals surface area (Å²) in [6, 6.07) is 7.09. The second-order valence-electron chi connectivity index (χ2n) is 7.00. The van der Waals surface area contributed by atoms with Gasteiger partial charge < -0.3 is 24.6 Å². The van der Waals surface area contributed by atoms with Gasteiger partial charge in [-0.1, -0.05) is 13.0 Å². The molecule has 0 radical (unpaired) electrons. The number of hydrogen-bond donors (Lipinski definition) is 1. The quantitative estimate of drug-likeness (QED) is 0.675. The Bertz CT molecular complexity index is 615. The molecule has 150 valence electrons. The van der Waals surface area contributed by atoms with Crippen LogP contribution in [0.5, 0.6) is 5.75 Å². The van der Waals surface area contributed by atoms with Gasteiger partial charge in [0.05, 0.1) is 6.10 Å². The largest absolute Gasteiger partial charge is 0.484 e. The average Bonchev–Trinajstić information content (AvgIpc) is 3.16. The van der Waals surface area contributed by atoms with Crippen molar-refractivity contribution >= 4 is 17.5 Å². The molecule has 2 rings (SSSR count). The Hall–Kier alpha value is -2.12. The Morgan fingerprint density at radius 3 is 2.78 bits per heavy atom. The number of ether oxygens (including phenoxy) is 2. The molecule has 2 amide bonds. The van der Waals surface area contributed by atoms with Crippen LogP contribution in [0, 0.1) is 0 Å². The van der Waals surface area contributed by atoms with E-state index in [1.165, 1.54) is 0 Å². The number of nitrogens with one attached hydrogen (secondary N) is 1. The van der Waals surface area contributed by atoms with Gasteiger partial charge in [-0.3, -0.25) is 9.59 Å². The fourth-order valence-electron chi connectivity index (χ4n) is 2.82. The van der Waals surface area contributed by atoms with E-state index >= 15 is 0 Å². The first-order valence-electron chi connectivity index (χ1n) is 9.54. The van der Waals surface area contributed by atoms with Crippen molar-refractivity contribution in [3.8, 4) is 5.75 Å². The predicted molar refractivity (Wildman–Crippen MR) is 105 cm³/mol. The number of likely N-dealkylation sites (N-methyl/N-ethyl adjacent to an activating group) is 1. The molecule has 1 unspecified atom stereocenters. The number of carbonyl (C=O) groups is 2. The number of nitrogens with zero attached hydrogens (tertiary/aromatic N) is 2. The van der Waals surface area contributed by atoms with Crippen molar-refractivity contribution in [2.24, 2.45) is 0 Å². The maximum atomic E-state index is 12.7. The minimum Gasteiger partial charge on any atom is -0.484 e.